The van der Waals surface area contributed by atoms with Crippen LogP contribution in [0.5, 0.6) is 0 Å². The number of aromatic nitrogens is 1. The third-order valence-corrected chi connectivity index (χ3v) is 5.38. The second-order valence-corrected chi connectivity index (χ2v) is 8.01. The number of fused-ring (bicyclic) bond motifs is 1. The Labute approximate surface area is 199 Å². The van der Waals surface area contributed by atoms with Gasteiger partial charge in [-0.3, -0.25) is 4.79 Å². The molecule has 1 aromatic carbocycles. The van der Waals surface area contributed by atoms with Crippen LogP contribution in [0.4, 0.5) is 10.6 Å². The first-order valence-electron chi connectivity index (χ1n) is 11.4. The Morgan fingerprint density at radius 2 is 2.06 bits per heavy atom. The van der Waals surface area contributed by atoms with Crippen molar-refractivity contribution in [2.24, 2.45) is 0 Å². The molecule has 0 saturated carbocycles. The van der Waals surface area contributed by atoms with E-state index in [2.05, 4.69) is 21.7 Å². The number of carbonyl (C=O) groups is 2. The molecule has 2 aromatic rings. The van der Waals surface area contributed by atoms with Crippen LogP contribution in [0.25, 0.3) is 0 Å². The molecule has 0 spiro atoms. The number of rotatable bonds is 12. The van der Waals surface area contributed by atoms with Gasteiger partial charge in [-0.05, 0) is 30.0 Å². The van der Waals surface area contributed by atoms with Gasteiger partial charge in [0.2, 0.25) is 0 Å². The van der Waals surface area contributed by atoms with E-state index in [0.717, 1.165) is 42.7 Å². The molecule has 1 aromatic heterocycles. The Balaban J connectivity index is 1.53. The fourth-order valence-corrected chi connectivity index (χ4v) is 3.54. The van der Waals surface area contributed by atoms with Gasteiger partial charge in [-0.25, -0.2) is 9.78 Å². The van der Waals surface area contributed by atoms with E-state index in [1.54, 1.807) is 6.20 Å². The SMILES string of the molecule is N=C/C(=C\NCCc1ccc2c(n1)NCCC2)CN(CCC(=O)O)C(=O)OCc1ccccc1. The molecule has 1 amide bonds. The molecule has 9 heteroatoms. The molecular weight excluding hydrogens is 434 g/mol. The van der Waals surface area contributed by atoms with Crippen molar-refractivity contribution in [3.8, 4) is 0 Å². The van der Waals surface area contributed by atoms with Crippen molar-refractivity contribution in [2.75, 3.05) is 31.5 Å². The van der Waals surface area contributed by atoms with Gasteiger partial charge in [0, 0.05) is 49.7 Å². The molecule has 0 saturated heterocycles. The Bertz CT molecular complexity index is 1010. The standard InChI is InChI=1S/C25H31N5O4/c26-15-20(16-27-13-10-22-9-8-21-7-4-12-28-24(21)29-22)17-30(14-11-23(31)32)25(33)34-18-19-5-2-1-3-6-19/h1-3,5-6,8-9,15-16,26-27H,4,7,10-14,17-18H2,(H,28,29)(H,31,32)/b20-16+,26-15?. The molecule has 0 fully saturated rings. The van der Waals surface area contributed by atoms with Crippen LogP contribution >= 0.6 is 0 Å². The topological polar surface area (TPSA) is 128 Å². The lowest BCUT2D eigenvalue weighted by molar-refractivity contribution is -0.137. The van der Waals surface area contributed by atoms with Crippen LogP contribution in [0.3, 0.4) is 0 Å². The van der Waals surface area contributed by atoms with Gasteiger partial charge in [0.05, 0.1) is 13.0 Å². The number of nitrogens with zero attached hydrogens (tertiary/aromatic N) is 2. The maximum absolute atomic E-state index is 12.6. The summed E-state index contributed by atoms with van der Waals surface area (Å²) in [5.74, 6) is -0.0473. The number of hydrogen-bond acceptors (Lipinski definition) is 7. The zero-order chi connectivity index (χ0) is 24.2. The number of aryl methyl sites for hydroxylation is 1. The van der Waals surface area contributed by atoms with Crippen molar-refractivity contribution in [3.05, 3.63) is 71.1 Å². The van der Waals surface area contributed by atoms with E-state index < -0.39 is 12.1 Å². The predicted octanol–water partition coefficient (Wildman–Crippen LogP) is 3.22. The summed E-state index contributed by atoms with van der Waals surface area (Å²) in [6.07, 6.45) is 4.86. The van der Waals surface area contributed by atoms with E-state index in [1.807, 2.05) is 36.4 Å². The van der Waals surface area contributed by atoms with Gasteiger partial charge >= 0.3 is 12.1 Å². The number of ether oxygens (including phenoxy) is 1. The number of carboxylic acids is 1. The highest BCUT2D eigenvalue weighted by Gasteiger charge is 2.18. The smallest absolute Gasteiger partial charge is 0.410 e. The van der Waals surface area contributed by atoms with E-state index in [0.29, 0.717) is 18.5 Å². The number of hydrogen-bond donors (Lipinski definition) is 4. The van der Waals surface area contributed by atoms with Crippen molar-refractivity contribution in [1.29, 1.82) is 5.41 Å². The summed E-state index contributed by atoms with van der Waals surface area (Å²) < 4.78 is 5.35. The Morgan fingerprint density at radius 3 is 2.82 bits per heavy atom. The van der Waals surface area contributed by atoms with Crippen LogP contribution in [0.1, 0.15) is 29.7 Å². The Morgan fingerprint density at radius 1 is 1.24 bits per heavy atom. The third kappa shape index (κ3) is 7.91. The van der Waals surface area contributed by atoms with Gasteiger partial charge in [0.15, 0.2) is 0 Å². The maximum Gasteiger partial charge on any atom is 0.410 e. The number of carboxylic acid groups (broad SMARTS) is 1. The average Bonchev–Trinajstić information content (AvgIpc) is 2.86. The summed E-state index contributed by atoms with van der Waals surface area (Å²) in [6.45, 7) is 1.70. The number of aliphatic carboxylic acids is 1. The molecule has 0 unspecified atom stereocenters. The lowest BCUT2D eigenvalue weighted by atomic mass is 10.1. The molecular formula is C25H31N5O4. The second kappa shape index (κ2) is 13.0. The molecule has 0 bridgehead atoms. The van der Waals surface area contributed by atoms with Gasteiger partial charge in [-0.15, -0.1) is 0 Å². The van der Waals surface area contributed by atoms with Crippen LogP contribution in [0.15, 0.2) is 54.2 Å². The van der Waals surface area contributed by atoms with E-state index in [9.17, 15) is 9.59 Å². The number of carbonyl (C=O) groups excluding carboxylic acids is 1. The van der Waals surface area contributed by atoms with E-state index in [1.165, 1.54) is 10.5 Å². The van der Waals surface area contributed by atoms with E-state index in [4.69, 9.17) is 15.3 Å². The first-order valence-corrected chi connectivity index (χ1v) is 11.4. The van der Waals surface area contributed by atoms with Crippen LogP contribution in [-0.4, -0.2) is 59.4 Å². The molecule has 2 heterocycles. The zero-order valence-corrected chi connectivity index (χ0v) is 19.1. The zero-order valence-electron chi connectivity index (χ0n) is 19.1. The lowest BCUT2D eigenvalue weighted by Crippen LogP contribution is -2.35. The molecule has 180 valence electrons. The van der Waals surface area contributed by atoms with Crippen molar-refractivity contribution < 1.29 is 19.4 Å². The van der Waals surface area contributed by atoms with E-state index >= 15 is 0 Å². The monoisotopic (exact) mass is 465 g/mol. The fourth-order valence-electron chi connectivity index (χ4n) is 3.54. The summed E-state index contributed by atoms with van der Waals surface area (Å²) in [7, 11) is 0. The minimum absolute atomic E-state index is 0.0137. The number of pyridine rings is 1. The molecule has 1 aliphatic heterocycles. The van der Waals surface area contributed by atoms with Crippen LogP contribution < -0.4 is 10.6 Å². The van der Waals surface area contributed by atoms with Crippen molar-refractivity contribution in [2.45, 2.75) is 32.3 Å². The van der Waals surface area contributed by atoms with Gasteiger partial charge in [-0.1, -0.05) is 36.4 Å². The quantitative estimate of drug-likeness (QED) is 0.280. The summed E-state index contributed by atoms with van der Waals surface area (Å²) in [4.78, 5) is 29.6. The van der Waals surface area contributed by atoms with Crippen molar-refractivity contribution >= 4 is 24.1 Å². The minimum Gasteiger partial charge on any atom is -0.481 e. The molecule has 0 atom stereocenters. The fraction of sp³-hybridized carbons (Fsp3) is 0.360. The number of benzene rings is 1. The van der Waals surface area contributed by atoms with Crippen LogP contribution in [0, 0.1) is 5.41 Å². The first-order chi connectivity index (χ1) is 16.5. The summed E-state index contributed by atoms with van der Waals surface area (Å²) in [5, 5.41) is 23.2. The van der Waals surface area contributed by atoms with Gasteiger partial charge in [0.25, 0.3) is 0 Å². The second-order valence-electron chi connectivity index (χ2n) is 8.01. The van der Waals surface area contributed by atoms with Gasteiger partial charge in [0.1, 0.15) is 12.4 Å². The maximum atomic E-state index is 12.6. The van der Waals surface area contributed by atoms with Crippen LogP contribution in [0.2, 0.25) is 0 Å². The highest BCUT2D eigenvalue weighted by atomic mass is 16.6. The molecule has 0 aliphatic carbocycles. The van der Waals surface area contributed by atoms with Crippen LogP contribution in [-0.2, 0) is 29.0 Å². The first kappa shape index (κ1) is 24.8. The third-order valence-electron chi connectivity index (χ3n) is 5.38. The Kier molecular flexibility index (Phi) is 9.45. The molecule has 0 radical (unpaired) electrons. The minimum atomic E-state index is -1.01. The molecule has 4 N–H and O–H groups in total. The average molecular weight is 466 g/mol. The largest absolute Gasteiger partial charge is 0.481 e. The summed E-state index contributed by atoms with van der Waals surface area (Å²) in [5.41, 5.74) is 3.58. The summed E-state index contributed by atoms with van der Waals surface area (Å²) >= 11 is 0. The lowest BCUT2D eigenvalue weighted by Gasteiger charge is -2.22. The highest BCUT2D eigenvalue weighted by Crippen LogP contribution is 2.19. The van der Waals surface area contributed by atoms with E-state index in [-0.39, 0.29) is 26.1 Å². The molecule has 3 rings (SSSR count). The van der Waals surface area contributed by atoms with Gasteiger partial charge in [-0.2, -0.15) is 0 Å². The molecule has 34 heavy (non-hydrogen) atoms. The highest BCUT2D eigenvalue weighted by molar-refractivity contribution is 5.78. The Hall–Kier alpha value is -3.88. The van der Waals surface area contributed by atoms with Crippen molar-refractivity contribution in [3.63, 3.8) is 0 Å². The summed E-state index contributed by atoms with van der Waals surface area (Å²) in [6, 6.07) is 13.4. The number of anilines is 1. The van der Waals surface area contributed by atoms with Crippen molar-refractivity contribution in [1.82, 2.24) is 15.2 Å². The number of nitrogens with one attached hydrogen (secondary N) is 3. The molecule has 1 aliphatic rings. The normalized spacial score (nSPS) is 12.8. The molecule has 9 nitrogen and oxygen atoms in total. The van der Waals surface area contributed by atoms with Gasteiger partial charge < -0.3 is 30.8 Å². The predicted molar refractivity (Wildman–Crippen MR) is 130 cm³/mol. The number of amides is 1.